The third kappa shape index (κ3) is 4.25. The molecule has 0 heterocycles. The van der Waals surface area contributed by atoms with E-state index < -0.39 is 36.4 Å². The fourth-order valence-corrected chi connectivity index (χ4v) is 1.79. The van der Waals surface area contributed by atoms with Crippen molar-refractivity contribution in [1.82, 2.24) is 0 Å². The van der Waals surface area contributed by atoms with Gasteiger partial charge in [0.1, 0.15) is 6.10 Å². The molecule has 6 nitrogen and oxygen atoms in total. The van der Waals surface area contributed by atoms with E-state index in [0.29, 0.717) is 0 Å². The maximum Gasteiger partial charge on any atom is 0.347 e. The Labute approximate surface area is 127 Å². The Kier molecular flexibility index (Phi) is 6.45. The van der Waals surface area contributed by atoms with Crippen LogP contribution in [0.2, 0.25) is 0 Å². The van der Waals surface area contributed by atoms with Crippen molar-refractivity contribution < 1.29 is 33.7 Å². The van der Waals surface area contributed by atoms with Gasteiger partial charge in [-0.1, -0.05) is 18.2 Å². The molecule has 1 aromatic rings. The van der Waals surface area contributed by atoms with Crippen molar-refractivity contribution in [1.29, 1.82) is 0 Å². The molecule has 0 unspecified atom stereocenters. The van der Waals surface area contributed by atoms with Gasteiger partial charge in [-0.05, 0) is 26.0 Å². The summed E-state index contributed by atoms with van der Waals surface area (Å²) in [6, 6.07) is 7.70. The highest BCUT2D eigenvalue weighted by Crippen LogP contribution is 2.25. The first-order valence-corrected chi connectivity index (χ1v) is 6.75. The van der Waals surface area contributed by atoms with Crippen molar-refractivity contribution in [2.45, 2.75) is 31.7 Å². The van der Waals surface area contributed by atoms with Crippen LogP contribution in [0.3, 0.4) is 0 Å². The molecule has 0 saturated heterocycles. The molecule has 1 aromatic carbocycles. The molecular formula is C15H19FO6. The summed E-state index contributed by atoms with van der Waals surface area (Å²) >= 11 is 0. The molecule has 3 atom stereocenters. The Hall–Kier alpha value is -1.99. The van der Waals surface area contributed by atoms with E-state index in [0.717, 1.165) is 6.92 Å². The number of benzene rings is 1. The van der Waals surface area contributed by atoms with E-state index in [-0.39, 0.29) is 12.2 Å². The lowest BCUT2D eigenvalue weighted by molar-refractivity contribution is -0.172. The van der Waals surface area contributed by atoms with Crippen molar-refractivity contribution in [3.8, 4) is 0 Å². The van der Waals surface area contributed by atoms with Crippen LogP contribution in [0.4, 0.5) is 4.39 Å². The summed E-state index contributed by atoms with van der Waals surface area (Å²) in [7, 11) is 0. The van der Waals surface area contributed by atoms with E-state index in [1.807, 2.05) is 0 Å². The molecule has 0 aliphatic rings. The molecule has 0 bridgehead atoms. The van der Waals surface area contributed by atoms with E-state index in [1.54, 1.807) is 18.2 Å². The number of alkyl halides is 1. The zero-order valence-electron chi connectivity index (χ0n) is 12.4. The van der Waals surface area contributed by atoms with Crippen molar-refractivity contribution in [3.05, 3.63) is 35.9 Å². The van der Waals surface area contributed by atoms with Gasteiger partial charge in [0.2, 0.25) is 5.67 Å². The molecule has 0 radical (unpaired) electrons. The predicted octanol–water partition coefficient (Wildman–Crippen LogP) is 0.856. The van der Waals surface area contributed by atoms with Crippen LogP contribution < -0.4 is 0 Å². The average molecular weight is 314 g/mol. The molecule has 0 aliphatic carbocycles. The van der Waals surface area contributed by atoms with Gasteiger partial charge >= 0.3 is 11.9 Å². The molecule has 0 amide bonds. The first kappa shape index (κ1) is 18.1. The summed E-state index contributed by atoms with van der Waals surface area (Å²) in [5, 5.41) is 18.7. The van der Waals surface area contributed by atoms with E-state index in [4.69, 9.17) is 9.84 Å². The Morgan fingerprint density at radius 1 is 1.32 bits per heavy atom. The molecule has 1 rings (SSSR count). The van der Waals surface area contributed by atoms with Crippen molar-refractivity contribution >= 4 is 11.9 Å². The zero-order valence-corrected chi connectivity index (χ0v) is 12.4. The monoisotopic (exact) mass is 314 g/mol. The fourth-order valence-electron chi connectivity index (χ4n) is 1.79. The molecular weight excluding hydrogens is 295 g/mol. The average Bonchev–Trinajstić information content (AvgIpc) is 2.52. The Morgan fingerprint density at radius 3 is 2.41 bits per heavy atom. The van der Waals surface area contributed by atoms with Crippen molar-refractivity contribution in [3.63, 3.8) is 0 Å². The van der Waals surface area contributed by atoms with Gasteiger partial charge in [-0.25, -0.2) is 14.0 Å². The van der Waals surface area contributed by atoms with Crippen LogP contribution in [0.1, 0.15) is 24.2 Å². The fraction of sp³-hybridized carbons (Fsp3) is 0.467. The molecule has 0 fully saturated rings. The predicted molar refractivity (Wildman–Crippen MR) is 74.9 cm³/mol. The van der Waals surface area contributed by atoms with E-state index >= 15 is 0 Å². The highest BCUT2D eigenvalue weighted by Gasteiger charge is 2.49. The number of carbonyl (C=O) groups is 2. The quantitative estimate of drug-likeness (QED) is 0.725. The van der Waals surface area contributed by atoms with Crippen molar-refractivity contribution in [2.75, 3.05) is 13.2 Å². The Bertz CT molecular complexity index is 502. The summed E-state index contributed by atoms with van der Waals surface area (Å²) in [5.74, 6) is -2.21. The van der Waals surface area contributed by atoms with Crippen LogP contribution in [-0.2, 0) is 14.3 Å². The smallest absolute Gasteiger partial charge is 0.347 e. The normalized spacial score (nSPS) is 16.2. The number of esters is 2. The van der Waals surface area contributed by atoms with E-state index in [2.05, 4.69) is 4.74 Å². The lowest BCUT2D eigenvalue weighted by Crippen LogP contribution is -2.53. The standard InChI is InChI=1S/C15H19FO6/c1-3-21-14(20)15(2,16)12(11(18)9-17)22-13(19)10-7-5-4-6-8-10/h4-8,11-12,17-18H,3,9H2,1-2H3/t11-,12-,15-/m1/s1. The minimum Gasteiger partial charge on any atom is -0.464 e. The zero-order chi connectivity index (χ0) is 16.8. The molecule has 0 spiro atoms. The molecule has 2 N–H and O–H groups in total. The number of hydrogen-bond donors (Lipinski definition) is 2. The molecule has 7 heteroatoms. The van der Waals surface area contributed by atoms with Gasteiger partial charge < -0.3 is 19.7 Å². The summed E-state index contributed by atoms with van der Waals surface area (Å²) in [6.07, 6.45) is -3.67. The SMILES string of the molecule is CCOC(=O)[C@](C)(F)[C@H](OC(=O)c1ccccc1)[C@H](O)CO. The molecule has 0 aliphatic heterocycles. The van der Waals surface area contributed by atoms with Crippen LogP contribution >= 0.6 is 0 Å². The number of aliphatic hydroxyl groups is 2. The van der Waals surface area contributed by atoms with Crippen LogP contribution in [0.15, 0.2) is 30.3 Å². The van der Waals surface area contributed by atoms with E-state index in [1.165, 1.54) is 19.1 Å². The van der Waals surface area contributed by atoms with Crippen LogP contribution in [0, 0.1) is 0 Å². The minimum atomic E-state index is -2.80. The molecule has 0 aromatic heterocycles. The number of aliphatic hydroxyl groups excluding tert-OH is 2. The topological polar surface area (TPSA) is 93.1 Å². The van der Waals surface area contributed by atoms with Gasteiger partial charge in [0.25, 0.3) is 0 Å². The van der Waals surface area contributed by atoms with Crippen LogP contribution in [-0.4, -0.2) is 53.2 Å². The second-order valence-corrected chi connectivity index (χ2v) is 4.74. The van der Waals surface area contributed by atoms with E-state index in [9.17, 15) is 19.1 Å². The highest BCUT2D eigenvalue weighted by molar-refractivity contribution is 5.90. The third-order valence-electron chi connectivity index (χ3n) is 2.99. The van der Waals surface area contributed by atoms with Crippen molar-refractivity contribution in [2.24, 2.45) is 0 Å². The summed E-state index contributed by atoms with van der Waals surface area (Å²) in [5.41, 5.74) is -2.68. The second-order valence-electron chi connectivity index (χ2n) is 4.74. The lowest BCUT2D eigenvalue weighted by atomic mass is 9.96. The van der Waals surface area contributed by atoms with Crippen LogP contribution in [0.5, 0.6) is 0 Å². The first-order chi connectivity index (χ1) is 10.3. The van der Waals surface area contributed by atoms with Gasteiger partial charge in [-0.3, -0.25) is 0 Å². The van der Waals surface area contributed by atoms with Gasteiger partial charge in [-0.15, -0.1) is 0 Å². The highest BCUT2D eigenvalue weighted by atomic mass is 19.1. The maximum atomic E-state index is 14.6. The Morgan fingerprint density at radius 2 is 1.91 bits per heavy atom. The van der Waals surface area contributed by atoms with Gasteiger partial charge in [0.05, 0.1) is 18.8 Å². The third-order valence-corrected chi connectivity index (χ3v) is 2.99. The number of hydrogen-bond acceptors (Lipinski definition) is 6. The Balaban J connectivity index is 2.99. The number of halogens is 1. The number of rotatable bonds is 7. The molecule has 22 heavy (non-hydrogen) atoms. The largest absolute Gasteiger partial charge is 0.464 e. The molecule has 122 valence electrons. The second kappa shape index (κ2) is 7.86. The van der Waals surface area contributed by atoms with Gasteiger partial charge in [0.15, 0.2) is 6.10 Å². The molecule has 0 saturated carbocycles. The first-order valence-electron chi connectivity index (χ1n) is 6.75. The number of carbonyl (C=O) groups excluding carboxylic acids is 2. The summed E-state index contributed by atoms with van der Waals surface area (Å²) < 4.78 is 24.1. The van der Waals surface area contributed by atoms with Crippen LogP contribution in [0.25, 0.3) is 0 Å². The lowest BCUT2D eigenvalue weighted by Gasteiger charge is -2.30. The number of ether oxygens (including phenoxy) is 2. The maximum absolute atomic E-state index is 14.6. The minimum absolute atomic E-state index is 0.0765. The van der Waals surface area contributed by atoms with Gasteiger partial charge in [0, 0.05) is 0 Å². The van der Waals surface area contributed by atoms with Gasteiger partial charge in [-0.2, -0.15) is 0 Å². The summed E-state index contributed by atoms with van der Waals surface area (Å²) in [6.45, 7) is 1.35. The summed E-state index contributed by atoms with van der Waals surface area (Å²) in [4.78, 5) is 23.6.